The predicted molar refractivity (Wildman–Crippen MR) is 73.3 cm³/mol. The normalized spacial score (nSPS) is 12.2. The first-order valence-corrected chi connectivity index (χ1v) is 6.02. The summed E-state index contributed by atoms with van der Waals surface area (Å²) in [5.41, 5.74) is 5.60. The molecule has 3 N–H and O–H groups in total. The van der Waals surface area contributed by atoms with Gasteiger partial charge in [-0.15, -0.1) is 0 Å². The largest absolute Gasteiger partial charge is 0.494 e. The summed E-state index contributed by atoms with van der Waals surface area (Å²) in [7, 11) is 1.44. The van der Waals surface area contributed by atoms with E-state index in [2.05, 4.69) is 5.43 Å². The van der Waals surface area contributed by atoms with Crippen LogP contribution in [0.5, 0.6) is 5.75 Å². The number of hydrazine groups is 1. The molecule has 0 heterocycles. The number of halogens is 1. The molecule has 2 aromatic carbocycles. The number of nitrogens with one attached hydrogen (secondary N) is 1. The quantitative estimate of drug-likeness (QED) is 0.656. The molecule has 0 aliphatic carbocycles. The van der Waals surface area contributed by atoms with Gasteiger partial charge in [0.15, 0.2) is 11.6 Å². The molecule has 1 unspecified atom stereocenters. The van der Waals surface area contributed by atoms with Gasteiger partial charge in [-0.2, -0.15) is 0 Å². The van der Waals surface area contributed by atoms with E-state index >= 15 is 0 Å². The van der Waals surface area contributed by atoms with Crippen LogP contribution in [0.4, 0.5) is 4.39 Å². The highest BCUT2D eigenvalue weighted by Crippen LogP contribution is 2.26. The third kappa shape index (κ3) is 2.92. The molecule has 2 aromatic rings. The number of hydrogen-bond acceptors (Lipinski definition) is 3. The lowest BCUT2D eigenvalue weighted by Gasteiger charge is -2.18. The molecule has 0 amide bonds. The van der Waals surface area contributed by atoms with Crippen LogP contribution in [0.15, 0.2) is 42.5 Å². The fraction of sp³-hybridized carbons (Fsp3) is 0.200. The second kappa shape index (κ2) is 5.82. The lowest BCUT2D eigenvalue weighted by molar-refractivity contribution is 0.385. The third-order valence-electron chi connectivity index (χ3n) is 3.05. The van der Waals surface area contributed by atoms with Gasteiger partial charge in [-0.25, -0.2) is 9.82 Å². The second-order valence-electron chi connectivity index (χ2n) is 4.41. The van der Waals surface area contributed by atoms with Crippen molar-refractivity contribution in [3.05, 3.63) is 65.0 Å². The monoisotopic (exact) mass is 260 g/mol. The van der Waals surface area contributed by atoms with Gasteiger partial charge < -0.3 is 4.74 Å². The molecule has 0 aliphatic rings. The highest BCUT2D eigenvalue weighted by molar-refractivity contribution is 5.37. The maximum absolute atomic E-state index is 13.7. The number of nitrogens with two attached hydrogens (primary N) is 1. The number of rotatable bonds is 4. The molecule has 0 saturated carbocycles. The van der Waals surface area contributed by atoms with Crippen molar-refractivity contribution in [3.8, 4) is 5.75 Å². The van der Waals surface area contributed by atoms with Gasteiger partial charge in [0.05, 0.1) is 13.2 Å². The molecule has 0 aliphatic heterocycles. The van der Waals surface area contributed by atoms with Crippen LogP contribution in [0.3, 0.4) is 0 Å². The SMILES string of the molecule is COc1ccc(C(NN)c2cccc(C)c2)cc1F. The van der Waals surface area contributed by atoms with Gasteiger partial charge >= 0.3 is 0 Å². The van der Waals surface area contributed by atoms with Crippen molar-refractivity contribution in [1.29, 1.82) is 0 Å². The Morgan fingerprint density at radius 1 is 1.16 bits per heavy atom. The first kappa shape index (κ1) is 13.5. The molecule has 1 atom stereocenters. The lowest BCUT2D eigenvalue weighted by atomic mass is 9.98. The van der Waals surface area contributed by atoms with Crippen LogP contribution in [0, 0.1) is 12.7 Å². The highest BCUT2D eigenvalue weighted by atomic mass is 19.1. The molecular formula is C15H17FN2O. The maximum Gasteiger partial charge on any atom is 0.165 e. The smallest absolute Gasteiger partial charge is 0.165 e. The second-order valence-corrected chi connectivity index (χ2v) is 4.41. The minimum absolute atomic E-state index is 0.226. The fourth-order valence-corrected chi connectivity index (χ4v) is 2.10. The molecule has 3 nitrogen and oxygen atoms in total. The first-order chi connectivity index (χ1) is 9.15. The average Bonchev–Trinajstić information content (AvgIpc) is 2.40. The molecule has 0 bridgehead atoms. The molecule has 0 spiro atoms. The summed E-state index contributed by atoms with van der Waals surface area (Å²) in [6.45, 7) is 2.01. The molecule has 0 saturated heterocycles. The molecule has 100 valence electrons. The van der Waals surface area contributed by atoms with Crippen molar-refractivity contribution in [3.63, 3.8) is 0 Å². The van der Waals surface area contributed by atoms with Crippen molar-refractivity contribution < 1.29 is 9.13 Å². The molecule has 4 heteroatoms. The van der Waals surface area contributed by atoms with Crippen molar-refractivity contribution in [2.45, 2.75) is 13.0 Å². The van der Waals surface area contributed by atoms with Crippen LogP contribution in [0.2, 0.25) is 0 Å². The summed E-state index contributed by atoms with van der Waals surface area (Å²) in [4.78, 5) is 0. The minimum Gasteiger partial charge on any atom is -0.494 e. The van der Waals surface area contributed by atoms with E-state index in [9.17, 15) is 4.39 Å². The van der Waals surface area contributed by atoms with E-state index in [0.29, 0.717) is 0 Å². The van der Waals surface area contributed by atoms with Crippen molar-refractivity contribution in [1.82, 2.24) is 5.43 Å². The van der Waals surface area contributed by atoms with E-state index in [1.165, 1.54) is 13.2 Å². The van der Waals surface area contributed by atoms with Gasteiger partial charge in [0.2, 0.25) is 0 Å². The van der Waals surface area contributed by atoms with E-state index < -0.39 is 5.82 Å². The van der Waals surface area contributed by atoms with E-state index in [-0.39, 0.29) is 11.8 Å². The molecule has 19 heavy (non-hydrogen) atoms. The summed E-state index contributed by atoms with van der Waals surface area (Å²) in [6.07, 6.45) is 0. The Hall–Kier alpha value is -1.91. The van der Waals surface area contributed by atoms with Crippen LogP contribution < -0.4 is 16.0 Å². The molecule has 0 fully saturated rings. The third-order valence-corrected chi connectivity index (χ3v) is 3.05. The van der Waals surface area contributed by atoms with Crippen molar-refractivity contribution >= 4 is 0 Å². The average molecular weight is 260 g/mol. The topological polar surface area (TPSA) is 47.3 Å². The van der Waals surface area contributed by atoms with Crippen LogP contribution >= 0.6 is 0 Å². The van der Waals surface area contributed by atoms with Crippen molar-refractivity contribution in [2.24, 2.45) is 5.84 Å². The summed E-state index contributed by atoms with van der Waals surface area (Å²) in [6, 6.07) is 12.5. The number of ether oxygens (including phenoxy) is 1. The Bertz CT molecular complexity index is 572. The maximum atomic E-state index is 13.7. The zero-order valence-corrected chi connectivity index (χ0v) is 11.0. The lowest BCUT2D eigenvalue weighted by Crippen LogP contribution is -2.29. The highest BCUT2D eigenvalue weighted by Gasteiger charge is 2.14. The predicted octanol–water partition coefficient (Wildman–Crippen LogP) is 2.70. The number of hydrogen-bond donors (Lipinski definition) is 2. The van der Waals surface area contributed by atoms with Crippen LogP contribution in [-0.2, 0) is 0 Å². The Labute approximate surface area is 112 Å². The summed E-state index contributed by atoms with van der Waals surface area (Å²) in [5.74, 6) is 5.43. The fourth-order valence-electron chi connectivity index (χ4n) is 2.10. The summed E-state index contributed by atoms with van der Waals surface area (Å²) >= 11 is 0. The number of methoxy groups -OCH3 is 1. The van der Waals surface area contributed by atoms with Gasteiger partial charge in [0.1, 0.15) is 0 Å². The van der Waals surface area contributed by atoms with E-state index in [1.54, 1.807) is 12.1 Å². The molecule has 0 aromatic heterocycles. The Morgan fingerprint density at radius 2 is 1.89 bits per heavy atom. The zero-order chi connectivity index (χ0) is 13.8. The summed E-state index contributed by atoms with van der Waals surface area (Å²) < 4.78 is 18.7. The van der Waals surface area contributed by atoms with Crippen LogP contribution in [0.25, 0.3) is 0 Å². The standard InChI is InChI=1S/C15H17FN2O/c1-10-4-3-5-11(8-10)15(18-17)12-6-7-14(19-2)13(16)9-12/h3-9,15,18H,17H2,1-2H3. The number of aryl methyl sites for hydroxylation is 1. The number of benzene rings is 2. The van der Waals surface area contributed by atoms with Crippen LogP contribution in [0.1, 0.15) is 22.7 Å². The van der Waals surface area contributed by atoms with Gasteiger partial charge in [0.25, 0.3) is 0 Å². The van der Waals surface area contributed by atoms with E-state index in [0.717, 1.165) is 16.7 Å². The van der Waals surface area contributed by atoms with E-state index in [4.69, 9.17) is 10.6 Å². The Kier molecular flexibility index (Phi) is 4.14. The Morgan fingerprint density at radius 3 is 2.47 bits per heavy atom. The minimum atomic E-state index is -0.395. The van der Waals surface area contributed by atoms with Gasteiger partial charge in [-0.1, -0.05) is 35.9 Å². The van der Waals surface area contributed by atoms with E-state index in [1.807, 2.05) is 31.2 Å². The van der Waals surface area contributed by atoms with Gasteiger partial charge in [-0.05, 0) is 30.2 Å². The van der Waals surface area contributed by atoms with Crippen LogP contribution in [-0.4, -0.2) is 7.11 Å². The molecule has 2 rings (SSSR count). The molecule has 0 radical (unpaired) electrons. The zero-order valence-electron chi connectivity index (χ0n) is 11.0. The summed E-state index contributed by atoms with van der Waals surface area (Å²) in [5, 5.41) is 0. The van der Waals surface area contributed by atoms with Gasteiger partial charge in [0, 0.05) is 0 Å². The first-order valence-electron chi connectivity index (χ1n) is 6.02. The Balaban J connectivity index is 2.39. The van der Waals surface area contributed by atoms with Crippen molar-refractivity contribution in [2.75, 3.05) is 7.11 Å². The molecular weight excluding hydrogens is 243 g/mol. The van der Waals surface area contributed by atoms with Gasteiger partial charge in [-0.3, -0.25) is 5.84 Å².